The molecule has 84 valence electrons. The molecule has 0 aromatic carbocycles. The minimum absolute atomic E-state index is 0.0656. The van der Waals surface area contributed by atoms with E-state index in [1.165, 1.54) is 19.4 Å². The molecule has 1 aliphatic heterocycles. The van der Waals surface area contributed by atoms with Gasteiger partial charge in [-0.2, -0.15) is 0 Å². The standard InChI is InChI=1S/C12H25NO/c1-11(2)6-5-7-13-8-9-14-12(3,4)10-13/h11H,5-10H2,1-4H3. The van der Waals surface area contributed by atoms with Crippen molar-refractivity contribution in [2.45, 2.75) is 46.1 Å². The molecule has 0 saturated carbocycles. The van der Waals surface area contributed by atoms with Crippen LogP contribution in [0.4, 0.5) is 0 Å². The number of ether oxygens (including phenoxy) is 1. The van der Waals surface area contributed by atoms with Crippen molar-refractivity contribution in [2.24, 2.45) is 5.92 Å². The minimum Gasteiger partial charge on any atom is -0.373 e. The van der Waals surface area contributed by atoms with Crippen LogP contribution in [0.5, 0.6) is 0 Å². The summed E-state index contributed by atoms with van der Waals surface area (Å²) in [6, 6.07) is 0. The number of hydrogen-bond acceptors (Lipinski definition) is 2. The fourth-order valence-corrected chi connectivity index (χ4v) is 2.03. The molecule has 1 rings (SSSR count). The van der Waals surface area contributed by atoms with Crippen LogP contribution in [0.25, 0.3) is 0 Å². The van der Waals surface area contributed by atoms with Crippen molar-refractivity contribution in [2.75, 3.05) is 26.2 Å². The fourth-order valence-electron chi connectivity index (χ4n) is 2.03. The van der Waals surface area contributed by atoms with Gasteiger partial charge in [-0.15, -0.1) is 0 Å². The number of nitrogens with zero attached hydrogens (tertiary/aromatic N) is 1. The van der Waals surface area contributed by atoms with Gasteiger partial charge in [0.2, 0.25) is 0 Å². The minimum atomic E-state index is 0.0656. The summed E-state index contributed by atoms with van der Waals surface area (Å²) in [5.74, 6) is 0.837. The molecular weight excluding hydrogens is 174 g/mol. The van der Waals surface area contributed by atoms with E-state index in [1.807, 2.05) is 0 Å². The lowest BCUT2D eigenvalue weighted by Gasteiger charge is -2.38. The highest BCUT2D eigenvalue weighted by molar-refractivity contribution is 4.78. The van der Waals surface area contributed by atoms with Gasteiger partial charge in [-0.25, -0.2) is 0 Å². The van der Waals surface area contributed by atoms with E-state index in [2.05, 4.69) is 32.6 Å². The highest BCUT2D eigenvalue weighted by Crippen LogP contribution is 2.17. The van der Waals surface area contributed by atoms with Crippen molar-refractivity contribution in [3.05, 3.63) is 0 Å². The first-order valence-corrected chi connectivity index (χ1v) is 5.86. The molecule has 0 bridgehead atoms. The van der Waals surface area contributed by atoms with Crippen LogP contribution in [-0.2, 0) is 4.74 Å². The molecule has 0 N–H and O–H groups in total. The van der Waals surface area contributed by atoms with Crippen molar-refractivity contribution in [1.82, 2.24) is 4.90 Å². The zero-order chi connectivity index (χ0) is 10.6. The molecule has 0 aromatic rings. The van der Waals surface area contributed by atoms with Crippen molar-refractivity contribution in [3.8, 4) is 0 Å². The molecule has 1 heterocycles. The first-order chi connectivity index (χ1) is 6.49. The first kappa shape index (κ1) is 12.0. The summed E-state index contributed by atoms with van der Waals surface area (Å²) < 4.78 is 5.68. The molecule has 0 unspecified atom stereocenters. The lowest BCUT2D eigenvalue weighted by molar-refractivity contribution is -0.0862. The third-order valence-corrected chi connectivity index (χ3v) is 2.76. The van der Waals surface area contributed by atoms with E-state index in [9.17, 15) is 0 Å². The van der Waals surface area contributed by atoms with E-state index in [1.54, 1.807) is 0 Å². The van der Waals surface area contributed by atoms with Crippen LogP contribution in [0.2, 0.25) is 0 Å². The molecule has 2 nitrogen and oxygen atoms in total. The van der Waals surface area contributed by atoms with Gasteiger partial charge in [0.25, 0.3) is 0 Å². The zero-order valence-corrected chi connectivity index (χ0v) is 10.2. The highest BCUT2D eigenvalue weighted by Gasteiger charge is 2.26. The van der Waals surface area contributed by atoms with Crippen LogP contribution in [0.15, 0.2) is 0 Å². The molecule has 0 spiro atoms. The van der Waals surface area contributed by atoms with E-state index in [-0.39, 0.29) is 5.60 Å². The molecule has 2 heteroatoms. The quantitative estimate of drug-likeness (QED) is 0.690. The van der Waals surface area contributed by atoms with E-state index in [0.717, 1.165) is 25.6 Å². The Bertz CT molecular complexity index is 166. The average molecular weight is 199 g/mol. The SMILES string of the molecule is CC(C)CCCN1CCOC(C)(C)C1. The lowest BCUT2D eigenvalue weighted by atomic mass is 10.1. The Balaban J connectivity index is 2.18. The summed E-state index contributed by atoms with van der Waals surface area (Å²) in [4.78, 5) is 2.53. The second-order valence-electron chi connectivity index (χ2n) is 5.42. The third-order valence-electron chi connectivity index (χ3n) is 2.76. The van der Waals surface area contributed by atoms with E-state index < -0.39 is 0 Å². The Morgan fingerprint density at radius 1 is 1.36 bits per heavy atom. The maximum atomic E-state index is 5.68. The Hall–Kier alpha value is -0.0800. The van der Waals surface area contributed by atoms with Gasteiger partial charge in [0.1, 0.15) is 0 Å². The van der Waals surface area contributed by atoms with Crippen molar-refractivity contribution < 1.29 is 4.74 Å². The van der Waals surface area contributed by atoms with E-state index >= 15 is 0 Å². The number of morpholine rings is 1. The van der Waals surface area contributed by atoms with Crippen LogP contribution >= 0.6 is 0 Å². The summed E-state index contributed by atoms with van der Waals surface area (Å²) >= 11 is 0. The molecule has 0 radical (unpaired) electrons. The highest BCUT2D eigenvalue weighted by atomic mass is 16.5. The van der Waals surface area contributed by atoms with Crippen LogP contribution < -0.4 is 0 Å². The second-order valence-corrected chi connectivity index (χ2v) is 5.42. The molecule has 14 heavy (non-hydrogen) atoms. The first-order valence-electron chi connectivity index (χ1n) is 5.86. The number of rotatable bonds is 4. The summed E-state index contributed by atoms with van der Waals surface area (Å²) in [5.41, 5.74) is 0.0656. The van der Waals surface area contributed by atoms with Gasteiger partial charge in [0.15, 0.2) is 0 Å². The van der Waals surface area contributed by atoms with Crippen LogP contribution in [-0.4, -0.2) is 36.7 Å². The van der Waals surface area contributed by atoms with Gasteiger partial charge in [-0.1, -0.05) is 13.8 Å². The maximum Gasteiger partial charge on any atom is 0.0753 e. The fraction of sp³-hybridized carbons (Fsp3) is 1.00. The Morgan fingerprint density at radius 2 is 2.07 bits per heavy atom. The lowest BCUT2D eigenvalue weighted by Crippen LogP contribution is -2.48. The molecule has 0 atom stereocenters. The smallest absolute Gasteiger partial charge is 0.0753 e. The molecular formula is C12H25NO. The van der Waals surface area contributed by atoms with Crippen LogP contribution in [0, 0.1) is 5.92 Å². The third kappa shape index (κ3) is 4.43. The Labute approximate surface area is 88.6 Å². The summed E-state index contributed by atoms with van der Waals surface area (Å²) in [6.07, 6.45) is 2.67. The predicted molar refractivity (Wildman–Crippen MR) is 60.5 cm³/mol. The van der Waals surface area contributed by atoms with Gasteiger partial charge < -0.3 is 4.74 Å². The predicted octanol–water partition coefficient (Wildman–Crippen LogP) is 2.53. The van der Waals surface area contributed by atoms with E-state index in [0.29, 0.717) is 0 Å². The normalized spacial score (nSPS) is 22.9. The van der Waals surface area contributed by atoms with Crippen molar-refractivity contribution in [3.63, 3.8) is 0 Å². The number of hydrogen-bond donors (Lipinski definition) is 0. The van der Waals surface area contributed by atoms with Gasteiger partial charge in [-0.3, -0.25) is 4.90 Å². The van der Waals surface area contributed by atoms with Gasteiger partial charge in [0, 0.05) is 13.1 Å². The molecule has 0 aromatic heterocycles. The van der Waals surface area contributed by atoms with Crippen LogP contribution in [0.1, 0.15) is 40.5 Å². The summed E-state index contributed by atoms with van der Waals surface area (Å²) in [6.45, 7) is 13.3. The zero-order valence-electron chi connectivity index (χ0n) is 10.2. The van der Waals surface area contributed by atoms with Crippen LogP contribution in [0.3, 0.4) is 0 Å². The molecule has 0 aliphatic carbocycles. The summed E-state index contributed by atoms with van der Waals surface area (Å²) in [5, 5.41) is 0. The molecule has 0 amide bonds. The average Bonchev–Trinajstić information content (AvgIpc) is 2.01. The topological polar surface area (TPSA) is 12.5 Å². The Morgan fingerprint density at radius 3 is 2.64 bits per heavy atom. The molecule has 1 aliphatic rings. The molecule has 1 fully saturated rings. The van der Waals surface area contributed by atoms with Crippen molar-refractivity contribution >= 4 is 0 Å². The van der Waals surface area contributed by atoms with Gasteiger partial charge in [0.05, 0.1) is 12.2 Å². The van der Waals surface area contributed by atoms with Gasteiger partial charge in [-0.05, 0) is 39.2 Å². The summed E-state index contributed by atoms with van der Waals surface area (Å²) in [7, 11) is 0. The second kappa shape index (κ2) is 5.13. The Kier molecular flexibility index (Phi) is 4.39. The van der Waals surface area contributed by atoms with Crippen molar-refractivity contribution in [1.29, 1.82) is 0 Å². The maximum absolute atomic E-state index is 5.68. The largest absolute Gasteiger partial charge is 0.373 e. The van der Waals surface area contributed by atoms with E-state index in [4.69, 9.17) is 4.74 Å². The van der Waals surface area contributed by atoms with Gasteiger partial charge >= 0.3 is 0 Å². The molecule has 1 saturated heterocycles. The monoisotopic (exact) mass is 199 g/mol.